The van der Waals surface area contributed by atoms with Crippen LogP contribution in [0.5, 0.6) is 11.5 Å². The number of methoxy groups -OCH3 is 2. The van der Waals surface area contributed by atoms with Crippen LogP contribution in [-0.4, -0.2) is 51.5 Å². The lowest BCUT2D eigenvalue weighted by atomic mass is 10.2. The maximum atomic E-state index is 12.4. The van der Waals surface area contributed by atoms with Gasteiger partial charge in [0.2, 0.25) is 11.8 Å². The molecule has 0 fully saturated rings. The number of ether oxygens (including phenoxy) is 2. The first-order chi connectivity index (χ1) is 18.0. The number of nitrogens with one attached hydrogen (secondary N) is 2. The van der Waals surface area contributed by atoms with Crippen molar-refractivity contribution in [1.29, 1.82) is 0 Å². The number of nitrogens with zero attached hydrogens (tertiary/aromatic N) is 4. The van der Waals surface area contributed by atoms with Crippen molar-refractivity contribution in [2.45, 2.75) is 25.2 Å². The van der Waals surface area contributed by atoms with Crippen molar-refractivity contribution in [1.82, 2.24) is 25.1 Å². The van der Waals surface area contributed by atoms with Gasteiger partial charge in [0.15, 0.2) is 27.6 Å². The third-order valence-corrected chi connectivity index (χ3v) is 7.16. The van der Waals surface area contributed by atoms with E-state index in [0.717, 1.165) is 15.8 Å². The molecular formula is C25H26N6O4S2. The molecule has 2 aromatic carbocycles. The Kier molecular flexibility index (Phi) is 8.75. The average Bonchev–Trinajstić information content (AvgIpc) is 3.51. The number of para-hydroxylation sites is 1. The Labute approximate surface area is 222 Å². The summed E-state index contributed by atoms with van der Waals surface area (Å²) >= 11 is 2.71. The van der Waals surface area contributed by atoms with Gasteiger partial charge in [0.25, 0.3) is 0 Å². The number of benzene rings is 2. The molecule has 0 spiro atoms. The molecular weight excluding hydrogens is 512 g/mol. The van der Waals surface area contributed by atoms with E-state index in [4.69, 9.17) is 9.47 Å². The summed E-state index contributed by atoms with van der Waals surface area (Å²) in [4.78, 5) is 29.2. The Balaban J connectivity index is 1.30. The van der Waals surface area contributed by atoms with Crippen LogP contribution in [0.4, 0.5) is 5.13 Å². The number of hydrogen-bond acceptors (Lipinski definition) is 9. The number of rotatable bonds is 11. The number of fused-ring (bicyclic) bond motifs is 1. The molecule has 2 heterocycles. The van der Waals surface area contributed by atoms with E-state index in [1.54, 1.807) is 32.4 Å². The molecule has 4 rings (SSSR count). The number of carbonyl (C=O) groups excluding carboxylic acids is 2. The molecule has 0 aliphatic rings. The smallest absolute Gasteiger partial charge is 0.244 e. The van der Waals surface area contributed by atoms with Crippen LogP contribution in [0.1, 0.15) is 18.3 Å². The van der Waals surface area contributed by atoms with Gasteiger partial charge < -0.3 is 24.7 Å². The molecule has 12 heteroatoms. The number of carbonyl (C=O) groups is 2. The van der Waals surface area contributed by atoms with Gasteiger partial charge in [0.1, 0.15) is 0 Å². The minimum absolute atomic E-state index is 0.161. The summed E-state index contributed by atoms with van der Waals surface area (Å²) in [6, 6.07) is 13.1. The molecule has 2 amide bonds. The number of amides is 2. The molecule has 0 radical (unpaired) electrons. The van der Waals surface area contributed by atoms with E-state index in [-0.39, 0.29) is 24.1 Å². The van der Waals surface area contributed by atoms with Crippen molar-refractivity contribution in [3.63, 3.8) is 0 Å². The zero-order valence-corrected chi connectivity index (χ0v) is 22.2. The van der Waals surface area contributed by atoms with Crippen LogP contribution in [0.2, 0.25) is 0 Å². The highest BCUT2D eigenvalue weighted by atomic mass is 32.2. The number of thiazole rings is 1. The van der Waals surface area contributed by atoms with Crippen molar-refractivity contribution in [3.8, 4) is 11.5 Å². The monoisotopic (exact) mass is 538 g/mol. The van der Waals surface area contributed by atoms with Gasteiger partial charge in [0, 0.05) is 12.6 Å². The molecule has 0 aliphatic carbocycles. The van der Waals surface area contributed by atoms with Crippen LogP contribution in [-0.2, 0) is 22.7 Å². The number of hydrogen-bond donors (Lipinski definition) is 2. The predicted octanol–water partition coefficient (Wildman–Crippen LogP) is 3.99. The topological polar surface area (TPSA) is 120 Å². The van der Waals surface area contributed by atoms with Gasteiger partial charge >= 0.3 is 0 Å². The summed E-state index contributed by atoms with van der Waals surface area (Å²) in [6.07, 6.45) is 3.13. The summed E-state index contributed by atoms with van der Waals surface area (Å²) in [5.41, 5.74) is 1.65. The molecule has 0 bridgehead atoms. The van der Waals surface area contributed by atoms with Crippen LogP contribution in [0.15, 0.2) is 53.7 Å². The number of aromatic nitrogens is 4. The van der Waals surface area contributed by atoms with Gasteiger partial charge in [-0.3, -0.25) is 9.59 Å². The summed E-state index contributed by atoms with van der Waals surface area (Å²) in [5.74, 6) is 1.51. The molecule has 0 saturated carbocycles. The Morgan fingerprint density at radius 3 is 2.68 bits per heavy atom. The second-order valence-electron chi connectivity index (χ2n) is 7.63. The summed E-state index contributed by atoms with van der Waals surface area (Å²) < 4.78 is 13.4. The SMILES string of the molecule is CCn1c(CNC(=O)/C=C/c2ccc(OC)c(OC)c2)nnc1SCC(=O)Nc1nc2ccccc2s1. The lowest BCUT2D eigenvalue weighted by Gasteiger charge is -2.08. The Morgan fingerprint density at radius 2 is 1.92 bits per heavy atom. The van der Waals surface area contributed by atoms with Gasteiger partial charge in [-0.2, -0.15) is 0 Å². The lowest BCUT2D eigenvalue weighted by Crippen LogP contribution is -2.22. The Hall–Kier alpha value is -3.90. The lowest BCUT2D eigenvalue weighted by molar-refractivity contribution is -0.116. The molecule has 0 unspecified atom stereocenters. The van der Waals surface area contributed by atoms with Crippen LogP contribution < -0.4 is 20.1 Å². The quantitative estimate of drug-likeness (QED) is 0.217. The molecule has 192 valence electrons. The summed E-state index contributed by atoms with van der Waals surface area (Å²) in [7, 11) is 3.13. The molecule has 10 nitrogen and oxygen atoms in total. The van der Waals surface area contributed by atoms with Crippen molar-refractivity contribution in [2.75, 3.05) is 25.3 Å². The van der Waals surface area contributed by atoms with E-state index in [1.165, 1.54) is 29.2 Å². The highest BCUT2D eigenvalue weighted by molar-refractivity contribution is 7.99. The summed E-state index contributed by atoms with van der Waals surface area (Å²) in [5, 5.41) is 15.2. The molecule has 4 aromatic rings. The molecule has 0 saturated heterocycles. The molecule has 2 N–H and O–H groups in total. The first-order valence-electron chi connectivity index (χ1n) is 11.4. The number of anilines is 1. The van der Waals surface area contributed by atoms with Gasteiger partial charge in [-0.1, -0.05) is 41.3 Å². The second kappa shape index (κ2) is 12.4. The number of thioether (sulfide) groups is 1. The predicted molar refractivity (Wildman–Crippen MR) is 145 cm³/mol. The van der Waals surface area contributed by atoms with Crippen LogP contribution >= 0.6 is 23.1 Å². The third-order valence-electron chi connectivity index (χ3n) is 5.24. The maximum Gasteiger partial charge on any atom is 0.244 e. The molecule has 0 atom stereocenters. The normalized spacial score (nSPS) is 11.1. The van der Waals surface area contributed by atoms with E-state index in [0.29, 0.717) is 34.2 Å². The van der Waals surface area contributed by atoms with Crippen molar-refractivity contribution >= 4 is 56.3 Å². The zero-order chi connectivity index (χ0) is 26.2. The first-order valence-corrected chi connectivity index (χ1v) is 13.2. The van der Waals surface area contributed by atoms with E-state index in [1.807, 2.05) is 41.8 Å². The zero-order valence-electron chi connectivity index (χ0n) is 20.6. The standard InChI is InChI=1S/C25H26N6O4S2/c1-4-31-21(14-26-22(32)12-10-16-9-11-18(34-2)19(13-16)35-3)29-30-25(31)36-15-23(33)28-24-27-17-7-5-6-8-20(17)37-24/h5-13H,4,14-15H2,1-3H3,(H,26,32)(H,27,28,33)/b12-10+. The largest absolute Gasteiger partial charge is 0.493 e. The highest BCUT2D eigenvalue weighted by Gasteiger charge is 2.15. The van der Waals surface area contributed by atoms with E-state index in [2.05, 4.69) is 25.8 Å². The van der Waals surface area contributed by atoms with Crippen LogP contribution in [0, 0.1) is 0 Å². The molecule has 37 heavy (non-hydrogen) atoms. The van der Waals surface area contributed by atoms with Crippen molar-refractivity contribution in [2.24, 2.45) is 0 Å². The fourth-order valence-corrected chi connectivity index (χ4v) is 5.14. The molecule has 2 aromatic heterocycles. The third kappa shape index (κ3) is 6.66. The van der Waals surface area contributed by atoms with Crippen molar-refractivity contribution in [3.05, 3.63) is 59.9 Å². The van der Waals surface area contributed by atoms with E-state index < -0.39 is 0 Å². The van der Waals surface area contributed by atoms with E-state index in [9.17, 15) is 9.59 Å². The van der Waals surface area contributed by atoms with Crippen LogP contribution in [0.3, 0.4) is 0 Å². The first kappa shape index (κ1) is 26.2. The van der Waals surface area contributed by atoms with Gasteiger partial charge in [-0.25, -0.2) is 4.98 Å². The minimum Gasteiger partial charge on any atom is -0.493 e. The van der Waals surface area contributed by atoms with E-state index >= 15 is 0 Å². The Morgan fingerprint density at radius 1 is 1.11 bits per heavy atom. The Bertz CT molecular complexity index is 1400. The van der Waals surface area contributed by atoms with Gasteiger partial charge in [-0.05, 0) is 42.8 Å². The van der Waals surface area contributed by atoms with Crippen LogP contribution in [0.25, 0.3) is 16.3 Å². The highest BCUT2D eigenvalue weighted by Crippen LogP contribution is 2.28. The molecule has 0 aliphatic heterocycles. The average molecular weight is 539 g/mol. The minimum atomic E-state index is -0.273. The maximum absolute atomic E-state index is 12.4. The van der Waals surface area contributed by atoms with Gasteiger partial charge in [0.05, 0.1) is 36.7 Å². The second-order valence-corrected chi connectivity index (χ2v) is 9.61. The van der Waals surface area contributed by atoms with Gasteiger partial charge in [-0.15, -0.1) is 10.2 Å². The van der Waals surface area contributed by atoms with Crippen molar-refractivity contribution < 1.29 is 19.1 Å². The fourth-order valence-electron chi connectivity index (χ4n) is 3.44. The summed E-state index contributed by atoms with van der Waals surface area (Å²) in [6.45, 7) is 2.76. The fraction of sp³-hybridized carbons (Fsp3) is 0.240.